The van der Waals surface area contributed by atoms with E-state index in [9.17, 15) is 14.4 Å². The predicted octanol–water partition coefficient (Wildman–Crippen LogP) is 3.17. The number of hydrogen-bond donors (Lipinski definition) is 3. The molecular weight excluding hydrogens is 364 g/mol. The van der Waals surface area contributed by atoms with Gasteiger partial charge in [0, 0.05) is 15.6 Å². The van der Waals surface area contributed by atoms with Crippen molar-refractivity contribution >= 4 is 51.1 Å². The lowest BCUT2D eigenvalue weighted by Gasteiger charge is -2.09. The zero-order valence-corrected chi connectivity index (χ0v) is 13.5. The van der Waals surface area contributed by atoms with E-state index in [1.807, 2.05) is 5.32 Å². The highest BCUT2D eigenvalue weighted by Crippen LogP contribution is 2.25. The molecule has 3 N–H and O–H groups in total. The minimum Gasteiger partial charge on any atom is -0.478 e. The van der Waals surface area contributed by atoms with Crippen molar-refractivity contribution in [3.63, 3.8) is 0 Å². The van der Waals surface area contributed by atoms with Crippen LogP contribution in [0, 0.1) is 0 Å². The highest BCUT2D eigenvalue weighted by molar-refractivity contribution is 9.10. The molecule has 0 heterocycles. The molecule has 0 aliphatic carbocycles. The van der Waals surface area contributed by atoms with Gasteiger partial charge in [-0.25, -0.2) is 9.59 Å². The topological polar surface area (TPSA) is 95.5 Å². The summed E-state index contributed by atoms with van der Waals surface area (Å²) in [5.74, 6) is -2.01. The van der Waals surface area contributed by atoms with Gasteiger partial charge in [0.15, 0.2) is 0 Å². The fraction of sp³-hybridized carbons (Fsp3) is 0.154. The number of amides is 3. The molecule has 0 saturated carbocycles. The summed E-state index contributed by atoms with van der Waals surface area (Å²) >= 11 is 9.14. The van der Waals surface area contributed by atoms with Crippen LogP contribution >= 0.6 is 27.5 Å². The third-order valence-corrected chi connectivity index (χ3v) is 3.44. The third kappa shape index (κ3) is 4.87. The van der Waals surface area contributed by atoms with Crippen molar-refractivity contribution in [2.45, 2.75) is 13.8 Å². The summed E-state index contributed by atoms with van der Waals surface area (Å²) < 4.78 is 0.741. The van der Waals surface area contributed by atoms with Gasteiger partial charge in [0.1, 0.15) is 0 Å². The monoisotopic (exact) mass is 374 g/mol. The second kappa shape index (κ2) is 7.24. The Balaban J connectivity index is 2.76. The fourth-order valence-electron chi connectivity index (χ4n) is 1.27. The maximum Gasteiger partial charge on any atom is 0.331 e. The number of carbonyl (C=O) groups is 3. The van der Waals surface area contributed by atoms with Crippen molar-refractivity contribution in [1.82, 2.24) is 5.32 Å². The molecule has 1 rings (SSSR count). The number of anilines is 1. The molecule has 0 aromatic heterocycles. The molecule has 8 heteroatoms. The van der Waals surface area contributed by atoms with Gasteiger partial charge in [-0.15, -0.1) is 0 Å². The number of carboxylic acids is 1. The van der Waals surface area contributed by atoms with Gasteiger partial charge in [0.2, 0.25) is 0 Å². The molecular formula is C13H12BrClN2O4. The largest absolute Gasteiger partial charge is 0.478 e. The van der Waals surface area contributed by atoms with Crippen LogP contribution in [0.25, 0.3) is 0 Å². The SMILES string of the molecule is CC(C(=O)O)=C(C)C(=O)NC(=O)Nc1ccc(Br)cc1Cl. The summed E-state index contributed by atoms with van der Waals surface area (Å²) in [6.45, 7) is 2.60. The van der Waals surface area contributed by atoms with Crippen LogP contribution < -0.4 is 10.6 Å². The summed E-state index contributed by atoms with van der Waals surface area (Å²) in [5.41, 5.74) is 0.128. The van der Waals surface area contributed by atoms with Crippen molar-refractivity contribution in [2.75, 3.05) is 5.32 Å². The van der Waals surface area contributed by atoms with E-state index in [1.165, 1.54) is 13.8 Å². The molecule has 0 atom stereocenters. The summed E-state index contributed by atoms with van der Waals surface area (Å²) in [7, 11) is 0. The molecule has 3 amide bonds. The number of nitrogens with one attached hydrogen (secondary N) is 2. The van der Waals surface area contributed by atoms with E-state index in [0.717, 1.165) is 4.47 Å². The van der Waals surface area contributed by atoms with Crippen LogP contribution in [0.3, 0.4) is 0 Å². The van der Waals surface area contributed by atoms with Gasteiger partial charge in [-0.1, -0.05) is 27.5 Å². The van der Waals surface area contributed by atoms with E-state index in [2.05, 4.69) is 21.2 Å². The lowest BCUT2D eigenvalue weighted by atomic mass is 10.1. The minimum absolute atomic E-state index is 0.0560. The van der Waals surface area contributed by atoms with E-state index < -0.39 is 17.9 Å². The molecule has 1 aromatic carbocycles. The van der Waals surface area contributed by atoms with Gasteiger partial charge in [0.25, 0.3) is 5.91 Å². The highest BCUT2D eigenvalue weighted by Gasteiger charge is 2.15. The average molecular weight is 376 g/mol. The van der Waals surface area contributed by atoms with Gasteiger partial charge in [-0.3, -0.25) is 10.1 Å². The Morgan fingerprint density at radius 2 is 1.81 bits per heavy atom. The van der Waals surface area contributed by atoms with Crippen LogP contribution in [-0.4, -0.2) is 23.0 Å². The number of hydrogen-bond acceptors (Lipinski definition) is 3. The van der Waals surface area contributed by atoms with Gasteiger partial charge in [-0.05, 0) is 32.0 Å². The molecule has 0 saturated heterocycles. The maximum atomic E-state index is 11.7. The van der Waals surface area contributed by atoms with E-state index in [4.69, 9.17) is 16.7 Å². The number of rotatable bonds is 3. The standard InChI is InChI=1S/C13H12BrClN2O4/c1-6(7(2)12(19)20)11(18)17-13(21)16-10-4-3-8(14)5-9(10)15/h3-5H,1-2H3,(H,19,20)(H2,16,17,18,21). The summed E-state index contributed by atoms with van der Waals surface area (Å²) in [6, 6.07) is 4.01. The molecule has 0 aliphatic rings. The zero-order chi connectivity index (χ0) is 16.2. The first-order valence-corrected chi connectivity index (χ1v) is 6.87. The summed E-state index contributed by atoms with van der Waals surface area (Å²) in [4.78, 5) is 34.1. The van der Waals surface area contributed by atoms with Crippen molar-refractivity contribution in [3.8, 4) is 0 Å². The van der Waals surface area contributed by atoms with E-state index in [1.54, 1.807) is 18.2 Å². The quantitative estimate of drug-likeness (QED) is 0.707. The molecule has 0 fully saturated rings. The second-order valence-corrected chi connectivity index (χ2v) is 5.41. The minimum atomic E-state index is -1.22. The van der Waals surface area contributed by atoms with E-state index in [-0.39, 0.29) is 11.1 Å². The Labute approximate surface area is 134 Å². The Morgan fingerprint density at radius 1 is 1.19 bits per heavy atom. The number of halogens is 2. The van der Waals surface area contributed by atoms with Crippen LogP contribution in [0.4, 0.5) is 10.5 Å². The maximum absolute atomic E-state index is 11.7. The van der Waals surface area contributed by atoms with E-state index >= 15 is 0 Å². The van der Waals surface area contributed by atoms with Gasteiger partial charge in [-0.2, -0.15) is 0 Å². The second-order valence-electron chi connectivity index (χ2n) is 4.09. The third-order valence-electron chi connectivity index (χ3n) is 2.63. The molecule has 21 heavy (non-hydrogen) atoms. The summed E-state index contributed by atoms with van der Waals surface area (Å²) in [6.07, 6.45) is 0. The number of urea groups is 1. The number of carboxylic acid groups (broad SMARTS) is 1. The smallest absolute Gasteiger partial charge is 0.331 e. The first-order chi connectivity index (χ1) is 9.72. The first kappa shape index (κ1) is 17.2. The lowest BCUT2D eigenvalue weighted by Crippen LogP contribution is -2.35. The average Bonchev–Trinajstić information content (AvgIpc) is 2.40. The fourth-order valence-corrected chi connectivity index (χ4v) is 1.99. The predicted molar refractivity (Wildman–Crippen MR) is 82.3 cm³/mol. The van der Waals surface area contributed by atoms with Crippen LogP contribution in [0.5, 0.6) is 0 Å². The summed E-state index contributed by atoms with van der Waals surface area (Å²) in [5, 5.41) is 13.5. The molecule has 0 aliphatic heterocycles. The number of carbonyl (C=O) groups excluding carboxylic acids is 2. The van der Waals surface area contributed by atoms with Gasteiger partial charge < -0.3 is 10.4 Å². The molecule has 0 unspecified atom stereocenters. The molecule has 6 nitrogen and oxygen atoms in total. The van der Waals surface area contributed by atoms with Crippen molar-refractivity contribution in [1.29, 1.82) is 0 Å². The Morgan fingerprint density at radius 3 is 2.33 bits per heavy atom. The Bertz CT molecular complexity index is 643. The number of benzene rings is 1. The van der Waals surface area contributed by atoms with Crippen LogP contribution in [0.1, 0.15) is 13.8 Å². The molecule has 0 bridgehead atoms. The van der Waals surface area contributed by atoms with Crippen molar-refractivity contribution < 1.29 is 19.5 Å². The molecule has 1 aromatic rings. The van der Waals surface area contributed by atoms with Crippen LogP contribution in [-0.2, 0) is 9.59 Å². The normalized spacial score (nSPS) is 11.4. The highest BCUT2D eigenvalue weighted by atomic mass is 79.9. The van der Waals surface area contributed by atoms with Crippen molar-refractivity contribution in [2.24, 2.45) is 0 Å². The Kier molecular flexibility index (Phi) is 5.92. The van der Waals surface area contributed by atoms with Crippen LogP contribution in [0.15, 0.2) is 33.8 Å². The molecule has 0 radical (unpaired) electrons. The lowest BCUT2D eigenvalue weighted by molar-refractivity contribution is -0.133. The van der Waals surface area contributed by atoms with Gasteiger partial charge in [0.05, 0.1) is 10.7 Å². The molecule has 0 spiro atoms. The molecule has 112 valence electrons. The van der Waals surface area contributed by atoms with Crippen molar-refractivity contribution in [3.05, 3.63) is 38.8 Å². The van der Waals surface area contributed by atoms with Gasteiger partial charge >= 0.3 is 12.0 Å². The number of aliphatic carboxylic acids is 1. The van der Waals surface area contributed by atoms with Crippen LogP contribution in [0.2, 0.25) is 5.02 Å². The number of imide groups is 1. The zero-order valence-electron chi connectivity index (χ0n) is 11.2. The Hall–Kier alpha value is -1.86. The van der Waals surface area contributed by atoms with E-state index in [0.29, 0.717) is 10.7 Å². The first-order valence-electron chi connectivity index (χ1n) is 5.70.